The van der Waals surface area contributed by atoms with Crippen molar-refractivity contribution in [3.05, 3.63) is 42.1 Å². The summed E-state index contributed by atoms with van der Waals surface area (Å²) in [5, 5.41) is 0. The molecule has 5 heteroatoms. The standard InChI is InChI=1S/C16H21N5/c1-20(2)16-18-10-9-15(19-16)21(13-7-8-13)11-12-5-3-4-6-14(12)17/h3-6,9-10,13H,7-8,11,17H2,1-2H3. The molecule has 3 rings (SSSR count). The Bertz CT molecular complexity index is 622. The first-order valence-electron chi connectivity index (χ1n) is 7.25. The smallest absolute Gasteiger partial charge is 0.226 e. The van der Waals surface area contributed by atoms with Gasteiger partial charge in [0.25, 0.3) is 0 Å². The Balaban J connectivity index is 1.88. The van der Waals surface area contributed by atoms with Crippen molar-refractivity contribution in [1.82, 2.24) is 9.97 Å². The molecule has 2 aromatic rings. The van der Waals surface area contributed by atoms with Gasteiger partial charge in [0, 0.05) is 38.6 Å². The van der Waals surface area contributed by atoms with Crippen LogP contribution in [-0.4, -0.2) is 30.1 Å². The minimum absolute atomic E-state index is 0.564. The van der Waals surface area contributed by atoms with Gasteiger partial charge >= 0.3 is 0 Å². The summed E-state index contributed by atoms with van der Waals surface area (Å²) in [5.74, 6) is 1.71. The summed E-state index contributed by atoms with van der Waals surface area (Å²) in [6, 6.07) is 10.6. The van der Waals surface area contributed by atoms with Crippen LogP contribution in [-0.2, 0) is 6.54 Å². The molecule has 1 aliphatic carbocycles. The first-order valence-corrected chi connectivity index (χ1v) is 7.25. The molecule has 0 saturated heterocycles. The van der Waals surface area contributed by atoms with Crippen LogP contribution in [0.3, 0.4) is 0 Å². The molecule has 21 heavy (non-hydrogen) atoms. The Morgan fingerprint density at radius 3 is 2.62 bits per heavy atom. The van der Waals surface area contributed by atoms with Gasteiger partial charge in [0.1, 0.15) is 5.82 Å². The molecule has 0 atom stereocenters. The first kappa shape index (κ1) is 13.7. The van der Waals surface area contributed by atoms with Crippen molar-refractivity contribution in [3.8, 4) is 0 Å². The van der Waals surface area contributed by atoms with Gasteiger partial charge in [-0.05, 0) is 30.5 Å². The number of rotatable bonds is 5. The molecule has 1 aromatic carbocycles. The average molecular weight is 283 g/mol. The summed E-state index contributed by atoms with van der Waals surface area (Å²) in [4.78, 5) is 13.2. The lowest BCUT2D eigenvalue weighted by molar-refractivity contribution is 0.774. The van der Waals surface area contributed by atoms with E-state index in [2.05, 4.69) is 20.9 Å². The molecule has 1 fully saturated rings. The van der Waals surface area contributed by atoms with Crippen molar-refractivity contribution in [2.75, 3.05) is 29.6 Å². The van der Waals surface area contributed by atoms with Crippen LogP contribution in [0.4, 0.5) is 17.5 Å². The van der Waals surface area contributed by atoms with Gasteiger partial charge in [0.15, 0.2) is 0 Å². The zero-order valence-corrected chi connectivity index (χ0v) is 12.5. The highest BCUT2D eigenvalue weighted by Gasteiger charge is 2.30. The van der Waals surface area contributed by atoms with Crippen LogP contribution < -0.4 is 15.5 Å². The number of hydrogen-bond acceptors (Lipinski definition) is 5. The predicted molar refractivity (Wildman–Crippen MR) is 86.4 cm³/mol. The molecule has 0 unspecified atom stereocenters. The Morgan fingerprint density at radius 1 is 1.19 bits per heavy atom. The fraction of sp³-hybridized carbons (Fsp3) is 0.375. The summed E-state index contributed by atoms with van der Waals surface area (Å²) in [6.45, 7) is 0.793. The second-order valence-electron chi connectivity index (χ2n) is 5.67. The lowest BCUT2D eigenvalue weighted by Crippen LogP contribution is -2.27. The van der Waals surface area contributed by atoms with Crippen molar-refractivity contribution in [3.63, 3.8) is 0 Å². The molecule has 1 heterocycles. The number of para-hydroxylation sites is 1. The lowest BCUT2D eigenvalue weighted by Gasteiger charge is -2.25. The third-order valence-electron chi connectivity index (χ3n) is 3.71. The molecule has 0 bridgehead atoms. The van der Waals surface area contributed by atoms with Gasteiger partial charge in [-0.3, -0.25) is 0 Å². The Kier molecular flexibility index (Phi) is 3.64. The number of nitrogens with zero attached hydrogens (tertiary/aromatic N) is 4. The van der Waals surface area contributed by atoms with Gasteiger partial charge < -0.3 is 15.5 Å². The summed E-state index contributed by atoms with van der Waals surface area (Å²) in [7, 11) is 3.91. The van der Waals surface area contributed by atoms with Crippen molar-refractivity contribution >= 4 is 17.5 Å². The van der Waals surface area contributed by atoms with Crippen LogP contribution in [0.15, 0.2) is 36.5 Å². The second-order valence-corrected chi connectivity index (χ2v) is 5.67. The van der Waals surface area contributed by atoms with Crippen LogP contribution in [0.2, 0.25) is 0 Å². The maximum absolute atomic E-state index is 6.08. The number of benzene rings is 1. The number of aromatic nitrogens is 2. The van der Waals surface area contributed by atoms with Gasteiger partial charge in [-0.1, -0.05) is 18.2 Å². The zero-order valence-electron chi connectivity index (χ0n) is 12.5. The van der Waals surface area contributed by atoms with E-state index in [0.29, 0.717) is 6.04 Å². The number of hydrogen-bond donors (Lipinski definition) is 1. The number of nitrogen functional groups attached to an aromatic ring is 1. The third-order valence-corrected chi connectivity index (χ3v) is 3.71. The van der Waals surface area contributed by atoms with E-state index in [0.717, 1.165) is 29.6 Å². The topological polar surface area (TPSA) is 58.3 Å². The van der Waals surface area contributed by atoms with Gasteiger partial charge in [0.05, 0.1) is 0 Å². The second kappa shape index (κ2) is 5.60. The van der Waals surface area contributed by atoms with Crippen LogP contribution in [0, 0.1) is 0 Å². The minimum Gasteiger partial charge on any atom is -0.398 e. The number of anilines is 3. The third kappa shape index (κ3) is 3.07. The molecular weight excluding hydrogens is 262 g/mol. The summed E-state index contributed by atoms with van der Waals surface area (Å²) in [5.41, 5.74) is 8.06. The maximum atomic E-state index is 6.08. The van der Waals surface area contributed by atoms with Crippen molar-refractivity contribution in [2.24, 2.45) is 0 Å². The fourth-order valence-corrected chi connectivity index (χ4v) is 2.36. The molecular formula is C16H21N5. The molecule has 1 aliphatic rings. The average Bonchev–Trinajstić information content (AvgIpc) is 3.31. The van der Waals surface area contributed by atoms with Crippen molar-refractivity contribution < 1.29 is 0 Å². The van der Waals surface area contributed by atoms with Gasteiger partial charge in [0.2, 0.25) is 5.95 Å². The maximum Gasteiger partial charge on any atom is 0.226 e. The van der Waals surface area contributed by atoms with Crippen LogP contribution in [0.5, 0.6) is 0 Å². The number of nitrogens with two attached hydrogens (primary N) is 1. The fourth-order valence-electron chi connectivity index (χ4n) is 2.36. The normalized spacial score (nSPS) is 14.0. The molecule has 0 aliphatic heterocycles. The molecule has 2 N–H and O–H groups in total. The van der Waals surface area contributed by atoms with Crippen LogP contribution in [0.1, 0.15) is 18.4 Å². The quantitative estimate of drug-likeness (QED) is 0.853. The molecule has 0 radical (unpaired) electrons. The Hall–Kier alpha value is -2.30. The highest BCUT2D eigenvalue weighted by molar-refractivity contribution is 5.51. The van der Waals surface area contributed by atoms with E-state index in [1.165, 1.54) is 12.8 Å². The Morgan fingerprint density at radius 2 is 1.95 bits per heavy atom. The van der Waals surface area contributed by atoms with E-state index < -0.39 is 0 Å². The molecule has 5 nitrogen and oxygen atoms in total. The van der Waals surface area contributed by atoms with Gasteiger partial charge in [-0.15, -0.1) is 0 Å². The molecule has 110 valence electrons. The van der Waals surface area contributed by atoms with Gasteiger partial charge in [-0.25, -0.2) is 4.98 Å². The monoisotopic (exact) mass is 283 g/mol. The largest absolute Gasteiger partial charge is 0.398 e. The van der Waals surface area contributed by atoms with Crippen molar-refractivity contribution in [1.29, 1.82) is 0 Å². The molecule has 0 spiro atoms. The predicted octanol–water partition coefficient (Wildman–Crippen LogP) is 2.29. The SMILES string of the molecule is CN(C)c1nccc(N(Cc2ccccc2N)C2CC2)n1. The van der Waals surface area contributed by atoms with E-state index in [1.807, 2.05) is 49.5 Å². The molecule has 1 aromatic heterocycles. The highest BCUT2D eigenvalue weighted by atomic mass is 15.3. The highest BCUT2D eigenvalue weighted by Crippen LogP contribution is 2.33. The summed E-state index contributed by atoms with van der Waals surface area (Å²) in [6.07, 6.45) is 4.25. The van der Waals surface area contributed by atoms with E-state index in [1.54, 1.807) is 0 Å². The molecule has 1 saturated carbocycles. The van der Waals surface area contributed by atoms with E-state index >= 15 is 0 Å². The van der Waals surface area contributed by atoms with Gasteiger partial charge in [-0.2, -0.15) is 4.98 Å². The first-order chi connectivity index (χ1) is 10.1. The van der Waals surface area contributed by atoms with Crippen LogP contribution >= 0.6 is 0 Å². The van der Waals surface area contributed by atoms with E-state index in [9.17, 15) is 0 Å². The lowest BCUT2D eigenvalue weighted by atomic mass is 10.1. The van der Waals surface area contributed by atoms with Crippen LogP contribution in [0.25, 0.3) is 0 Å². The zero-order chi connectivity index (χ0) is 14.8. The van der Waals surface area contributed by atoms with E-state index in [4.69, 9.17) is 5.73 Å². The molecule has 0 amide bonds. The summed E-state index contributed by atoms with van der Waals surface area (Å²) >= 11 is 0. The minimum atomic E-state index is 0.564. The Labute approximate surface area is 125 Å². The summed E-state index contributed by atoms with van der Waals surface area (Å²) < 4.78 is 0. The van der Waals surface area contributed by atoms with E-state index in [-0.39, 0.29) is 0 Å². The van der Waals surface area contributed by atoms with Crippen molar-refractivity contribution in [2.45, 2.75) is 25.4 Å².